The minimum Gasteiger partial charge on any atom is -0.310 e. The lowest BCUT2D eigenvalue weighted by atomic mass is 10.2. The van der Waals surface area contributed by atoms with E-state index in [1.165, 1.54) is 25.1 Å². The van der Waals surface area contributed by atoms with Crippen LogP contribution in [0.2, 0.25) is 0 Å². The van der Waals surface area contributed by atoms with Crippen molar-refractivity contribution in [1.29, 1.82) is 0 Å². The highest BCUT2D eigenvalue weighted by atomic mass is 79.9. The highest BCUT2D eigenvalue weighted by molar-refractivity contribution is 9.10. The first-order valence-electron chi connectivity index (χ1n) is 7.66. The van der Waals surface area contributed by atoms with Gasteiger partial charge >= 0.3 is 0 Å². The van der Waals surface area contributed by atoms with Gasteiger partial charge in [-0.2, -0.15) is 0 Å². The number of halogens is 1. The predicted molar refractivity (Wildman–Crippen MR) is 102 cm³/mol. The minimum atomic E-state index is -3.94. The molecule has 0 atom stereocenters. The number of hydrogen-bond acceptors (Lipinski definition) is 5. The molecule has 0 aliphatic carbocycles. The molecule has 0 aliphatic heterocycles. The van der Waals surface area contributed by atoms with Crippen molar-refractivity contribution in [1.82, 2.24) is 9.55 Å². The Bertz CT molecular complexity index is 1120. The summed E-state index contributed by atoms with van der Waals surface area (Å²) in [6, 6.07) is 9.14. The van der Waals surface area contributed by atoms with Crippen molar-refractivity contribution in [3.63, 3.8) is 0 Å². The lowest BCUT2D eigenvalue weighted by molar-refractivity contribution is -0.385. The Morgan fingerprint density at radius 1 is 1.27 bits per heavy atom. The summed E-state index contributed by atoms with van der Waals surface area (Å²) < 4.78 is 30.6. The van der Waals surface area contributed by atoms with E-state index in [9.17, 15) is 18.5 Å². The molecule has 8 nitrogen and oxygen atoms in total. The number of hydrogen-bond donors (Lipinski definition) is 1. The van der Waals surface area contributed by atoms with Gasteiger partial charge in [0.2, 0.25) is 5.95 Å². The average Bonchev–Trinajstić information content (AvgIpc) is 2.89. The molecule has 26 heavy (non-hydrogen) atoms. The van der Waals surface area contributed by atoms with Crippen LogP contribution in [-0.2, 0) is 16.6 Å². The van der Waals surface area contributed by atoms with E-state index in [-0.39, 0.29) is 22.1 Å². The summed E-state index contributed by atoms with van der Waals surface area (Å²) in [5.74, 6) is 0.193. The van der Waals surface area contributed by atoms with Crippen LogP contribution in [0.4, 0.5) is 11.6 Å². The van der Waals surface area contributed by atoms with E-state index in [4.69, 9.17) is 0 Å². The van der Waals surface area contributed by atoms with Gasteiger partial charge < -0.3 is 4.57 Å². The van der Waals surface area contributed by atoms with Gasteiger partial charge in [0.15, 0.2) is 0 Å². The monoisotopic (exact) mass is 438 g/mol. The Morgan fingerprint density at radius 2 is 2.00 bits per heavy atom. The molecule has 1 heterocycles. The number of nitrogens with one attached hydrogen (secondary N) is 1. The van der Waals surface area contributed by atoms with E-state index in [0.29, 0.717) is 12.1 Å². The number of non-ortho nitro benzene ring substituents is 1. The molecule has 3 rings (SSSR count). The van der Waals surface area contributed by atoms with Crippen LogP contribution < -0.4 is 4.72 Å². The van der Waals surface area contributed by atoms with Crippen LogP contribution in [0.1, 0.15) is 12.5 Å². The second-order valence-electron chi connectivity index (χ2n) is 5.63. The van der Waals surface area contributed by atoms with Crippen LogP contribution in [-0.4, -0.2) is 22.9 Å². The average molecular weight is 439 g/mol. The number of aryl methyl sites for hydroxylation is 2. The SMILES string of the molecule is CCn1c(NS(=O)(=O)c2ccc([N+](=O)[O-])cc2C)nc2cc(Br)ccc21. The number of rotatable bonds is 5. The first-order valence-corrected chi connectivity index (χ1v) is 9.94. The van der Waals surface area contributed by atoms with E-state index in [1.54, 1.807) is 10.6 Å². The smallest absolute Gasteiger partial charge is 0.269 e. The van der Waals surface area contributed by atoms with Gasteiger partial charge in [-0.05, 0) is 43.7 Å². The van der Waals surface area contributed by atoms with Crippen LogP contribution in [0.5, 0.6) is 0 Å². The van der Waals surface area contributed by atoms with Gasteiger partial charge in [0.1, 0.15) is 0 Å². The highest BCUT2D eigenvalue weighted by Crippen LogP contribution is 2.27. The van der Waals surface area contributed by atoms with E-state index in [1.807, 2.05) is 19.1 Å². The summed E-state index contributed by atoms with van der Waals surface area (Å²) in [5.41, 5.74) is 1.58. The molecule has 1 aromatic heterocycles. The molecule has 0 radical (unpaired) electrons. The Balaban J connectivity index is 2.05. The number of nitro groups is 1. The Morgan fingerprint density at radius 3 is 2.62 bits per heavy atom. The van der Waals surface area contributed by atoms with Gasteiger partial charge in [-0.15, -0.1) is 0 Å². The molecule has 0 aliphatic rings. The summed E-state index contributed by atoms with van der Waals surface area (Å²) in [5, 5.41) is 10.8. The molecule has 2 aromatic carbocycles. The van der Waals surface area contributed by atoms with Crippen molar-refractivity contribution in [2.75, 3.05) is 4.72 Å². The second kappa shape index (κ2) is 6.69. The summed E-state index contributed by atoms with van der Waals surface area (Å²) in [7, 11) is -3.94. The van der Waals surface area contributed by atoms with Crippen LogP contribution in [0.3, 0.4) is 0 Å². The topological polar surface area (TPSA) is 107 Å². The fraction of sp³-hybridized carbons (Fsp3) is 0.188. The zero-order chi connectivity index (χ0) is 19.1. The molecule has 0 saturated heterocycles. The number of benzene rings is 2. The van der Waals surface area contributed by atoms with Gasteiger partial charge in [-0.25, -0.2) is 18.1 Å². The van der Waals surface area contributed by atoms with E-state index >= 15 is 0 Å². The third-order valence-electron chi connectivity index (χ3n) is 3.91. The number of sulfonamides is 1. The lowest BCUT2D eigenvalue weighted by Crippen LogP contribution is -2.17. The second-order valence-corrected chi connectivity index (χ2v) is 8.19. The maximum absolute atomic E-state index is 12.8. The molecule has 0 bridgehead atoms. The predicted octanol–water partition coefficient (Wildman–Crippen LogP) is 3.84. The normalized spacial score (nSPS) is 11.7. The summed E-state index contributed by atoms with van der Waals surface area (Å²) in [6.07, 6.45) is 0. The number of fused-ring (bicyclic) bond motifs is 1. The van der Waals surface area contributed by atoms with Crippen LogP contribution in [0.25, 0.3) is 11.0 Å². The van der Waals surface area contributed by atoms with Crippen LogP contribution in [0.15, 0.2) is 45.8 Å². The molecule has 0 spiro atoms. The first-order chi connectivity index (χ1) is 12.2. The quantitative estimate of drug-likeness (QED) is 0.480. The molecule has 136 valence electrons. The molecule has 0 saturated carbocycles. The molecular formula is C16H15BrN4O4S. The van der Waals surface area contributed by atoms with Crippen LogP contribution >= 0.6 is 15.9 Å². The number of anilines is 1. The fourth-order valence-electron chi connectivity index (χ4n) is 2.72. The Hall–Kier alpha value is -2.46. The molecule has 0 unspecified atom stereocenters. The van der Waals surface area contributed by atoms with Crippen molar-refractivity contribution < 1.29 is 13.3 Å². The molecule has 1 N–H and O–H groups in total. The van der Waals surface area contributed by atoms with Crippen molar-refractivity contribution in [2.24, 2.45) is 0 Å². The summed E-state index contributed by atoms with van der Waals surface area (Å²) in [6.45, 7) is 3.93. The van der Waals surface area contributed by atoms with Gasteiger partial charge in [-0.1, -0.05) is 15.9 Å². The largest absolute Gasteiger partial charge is 0.310 e. The van der Waals surface area contributed by atoms with Crippen molar-refractivity contribution >= 4 is 48.6 Å². The highest BCUT2D eigenvalue weighted by Gasteiger charge is 2.22. The number of imidazole rings is 1. The van der Waals surface area contributed by atoms with Crippen molar-refractivity contribution in [2.45, 2.75) is 25.3 Å². The van der Waals surface area contributed by atoms with Crippen molar-refractivity contribution in [3.8, 4) is 0 Å². The standard InChI is InChI=1S/C16H15BrN4O4S/c1-3-20-14-6-4-11(17)9-13(14)18-16(20)19-26(24,25)15-7-5-12(21(22)23)8-10(15)2/h4-9H,3H2,1-2H3,(H,18,19). The van der Waals surface area contributed by atoms with E-state index < -0.39 is 14.9 Å². The Kier molecular flexibility index (Phi) is 4.72. The fourth-order valence-corrected chi connectivity index (χ4v) is 4.31. The van der Waals surface area contributed by atoms with Gasteiger partial charge in [-0.3, -0.25) is 10.1 Å². The summed E-state index contributed by atoms with van der Waals surface area (Å²) >= 11 is 3.37. The maximum atomic E-state index is 12.8. The summed E-state index contributed by atoms with van der Waals surface area (Å²) in [4.78, 5) is 14.6. The van der Waals surface area contributed by atoms with Crippen molar-refractivity contribution in [3.05, 3.63) is 56.5 Å². The molecular weight excluding hydrogens is 424 g/mol. The van der Waals surface area contributed by atoms with Gasteiger partial charge in [0, 0.05) is 23.2 Å². The number of nitrogens with zero attached hydrogens (tertiary/aromatic N) is 3. The molecule has 3 aromatic rings. The molecule has 0 fully saturated rings. The van der Waals surface area contributed by atoms with Crippen LogP contribution in [0, 0.1) is 17.0 Å². The Labute approximate surface area is 158 Å². The van der Waals surface area contributed by atoms with Gasteiger partial charge in [0.25, 0.3) is 15.7 Å². The van der Waals surface area contributed by atoms with E-state index in [0.717, 1.165) is 9.99 Å². The zero-order valence-electron chi connectivity index (χ0n) is 13.9. The zero-order valence-corrected chi connectivity index (χ0v) is 16.3. The molecule has 10 heteroatoms. The molecule has 0 amide bonds. The number of aromatic nitrogens is 2. The first kappa shape index (κ1) is 18.3. The maximum Gasteiger partial charge on any atom is 0.269 e. The third-order valence-corrected chi connectivity index (χ3v) is 5.89. The lowest BCUT2D eigenvalue weighted by Gasteiger charge is -2.11. The third kappa shape index (κ3) is 3.29. The minimum absolute atomic E-state index is 0.0287. The van der Waals surface area contributed by atoms with Gasteiger partial charge in [0.05, 0.1) is 20.9 Å². The van der Waals surface area contributed by atoms with E-state index in [2.05, 4.69) is 25.6 Å². The number of nitro benzene ring substituents is 1.